The van der Waals surface area contributed by atoms with E-state index >= 15 is 0 Å². The lowest BCUT2D eigenvalue weighted by Crippen LogP contribution is -2.13. The van der Waals surface area contributed by atoms with E-state index in [2.05, 4.69) is 56.0 Å². The number of anilines is 1. The minimum atomic E-state index is -0.0756. The minimum absolute atomic E-state index is 0.0756. The summed E-state index contributed by atoms with van der Waals surface area (Å²) < 4.78 is 1.86. The van der Waals surface area contributed by atoms with E-state index in [0.29, 0.717) is 5.56 Å². The topological polar surface area (TPSA) is 29.1 Å². The molecule has 20 heavy (non-hydrogen) atoms. The fourth-order valence-corrected chi connectivity index (χ4v) is 3.44. The summed E-state index contributed by atoms with van der Waals surface area (Å²) >= 11 is 5.64. The Hall–Kier alpha value is -0.880. The third-order valence-electron chi connectivity index (χ3n) is 3.53. The number of hydrogen-bond donors (Lipinski definition) is 1. The van der Waals surface area contributed by atoms with E-state index in [1.165, 1.54) is 17.5 Å². The summed E-state index contributed by atoms with van der Waals surface area (Å²) in [5.41, 5.74) is 4.32. The van der Waals surface area contributed by atoms with Crippen LogP contribution in [0.4, 0.5) is 5.69 Å². The second-order valence-electron chi connectivity index (χ2n) is 4.92. The molecule has 0 unspecified atom stereocenters. The van der Waals surface area contributed by atoms with E-state index in [0.717, 1.165) is 26.6 Å². The zero-order valence-electron chi connectivity index (χ0n) is 10.7. The quantitative estimate of drug-likeness (QED) is 0.666. The molecule has 0 bridgehead atoms. The molecule has 0 aliphatic heterocycles. The van der Waals surface area contributed by atoms with Crippen molar-refractivity contribution in [1.82, 2.24) is 0 Å². The maximum absolute atomic E-state index is 12.3. The summed E-state index contributed by atoms with van der Waals surface area (Å²) in [4.78, 5) is 12.3. The van der Waals surface area contributed by atoms with Gasteiger partial charge in [-0.15, -0.1) is 0 Å². The lowest BCUT2D eigenvalue weighted by Gasteiger charge is -2.09. The molecular formula is C16H13BrINO. The van der Waals surface area contributed by atoms with E-state index in [-0.39, 0.29) is 5.91 Å². The van der Waals surface area contributed by atoms with Crippen LogP contribution in [0.3, 0.4) is 0 Å². The van der Waals surface area contributed by atoms with Gasteiger partial charge in [-0.2, -0.15) is 0 Å². The highest BCUT2D eigenvalue weighted by atomic mass is 127. The molecule has 0 radical (unpaired) electrons. The number of fused-ring (bicyclic) bond motifs is 1. The summed E-state index contributed by atoms with van der Waals surface area (Å²) in [6, 6.07) is 12.0. The zero-order valence-corrected chi connectivity index (χ0v) is 14.5. The Kier molecular flexibility index (Phi) is 4.12. The predicted molar refractivity (Wildman–Crippen MR) is 93.3 cm³/mol. The van der Waals surface area contributed by atoms with Crippen LogP contribution in [0.25, 0.3) is 0 Å². The number of hydrogen-bond acceptors (Lipinski definition) is 1. The van der Waals surface area contributed by atoms with Crippen LogP contribution in [-0.4, -0.2) is 5.91 Å². The van der Waals surface area contributed by atoms with E-state index in [1.54, 1.807) is 0 Å². The van der Waals surface area contributed by atoms with Crippen molar-refractivity contribution in [3.05, 3.63) is 61.1 Å². The zero-order chi connectivity index (χ0) is 14.1. The molecule has 2 aromatic rings. The molecule has 0 heterocycles. The van der Waals surface area contributed by atoms with Crippen LogP contribution in [0, 0.1) is 3.57 Å². The average Bonchev–Trinajstić information content (AvgIpc) is 2.89. The fraction of sp³-hybridized carbons (Fsp3) is 0.188. The Morgan fingerprint density at radius 2 is 1.90 bits per heavy atom. The molecule has 3 rings (SSSR count). The number of carbonyl (C=O) groups excluding carboxylic acids is 1. The van der Waals surface area contributed by atoms with Gasteiger partial charge in [0, 0.05) is 13.7 Å². The van der Waals surface area contributed by atoms with E-state index in [4.69, 9.17) is 0 Å². The smallest absolute Gasteiger partial charge is 0.256 e. The average molecular weight is 442 g/mol. The number of aryl methyl sites for hydroxylation is 2. The maximum atomic E-state index is 12.3. The molecule has 0 saturated heterocycles. The Balaban J connectivity index is 1.84. The second-order valence-corrected chi connectivity index (χ2v) is 7.02. The van der Waals surface area contributed by atoms with E-state index in [1.807, 2.05) is 24.3 Å². The first kappa shape index (κ1) is 14.1. The molecule has 4 heteroatoms. The number of benzene rings is 2. The molecule has 1 amide bonds. The first-order chi connectivity index (χ1) is 9.63. The van der Waals surface area contributed by atoms with Gasteiger partial charge in [-0.3, -0.25) is 4.79 Å². The molecule has 1 aliphatic rings. The summed E-state index contributed by atoms with van der Waals surface area (Å²) in [6.45, 7) is 0. The summed E-state index contributed by atoms with van der Waals surface area (Å²) in [7, 11) is 0. The Labute approximate surface area is 140 Å². The molecule has 2 nitrogen and oxygen atoms in total. The molecule has 0 aromatic heterocycles. The van der Waals surface area contributed by atoms with Crippen LogP contribution in [0.2, 0.25) is 0 Å². The molecule has 1 N–H and O–H groups in total. The summed E-state index contributed by atoms with van der Waals surface area (Å²) in [5, 5.41) is 2.98. The molecule has 102 valence electrons. The minimum Gasteiger partial charge on any atom is -0.322 e. The van der Waals surface area contributed by atoms with Crippen LogP contribution in [0.1, 0.15) is 27.9 Å². The van der Waals surface area contributed by atoms with Gasteiger partial charge in [-0.25, -0.2) is 0 Å². The lowest BCUT2D eigenvalue weighted by molar-refractivity contribution is 0.102. The highest BCUT2D eigenvalue weighted by Gasteiger charge is 2.14. The molecule has 0 fully saturated rings. The number of halogens is 2. The van der Waals surface area contributed by atoms with Crippen LogP contribution in [0.5, 0.6) is 0 Å². The Morgan fingerprint density at radius 1 is 1.10 bits per heavy atom. The van der Waals surface area contributed by atoms with Crippen LogP contribution >= 0.6 is 38.5 Å². The van der Waals surface area contributed by atoms with Gasteiger partial charge in [0.15, 0.2) is 0 Å². The molecule has 0 atom stereocenters. The van der Waals surface area contributed by atoms with Crippen molar-refractivity contribution >= 4 is 50.1 Å². The molecule has 1 aliphatic carbocycles. The van der Waals surface area contributed by atoms with Crippen molar-refractivity contribution in [2.24, 2.45) is 0 Å². The largest absolute Gasteiger partial charge is 0.322 e. The van der Waals surface area contributed by atoms with Crippen molar-refractivity contribution < 1.29 is 4.79 Å². The van der Waals surface area contributed by atoms with E-state index < -0.39 is 0 Å². The van der Waals surface area contributed by atoms with Gasteiger partial charge in [0.05, 0.1) is 5.56 Å². The fourth-order valence-electron chi connectivity index (χ4n) is 2.52. The van der Waals surface area contributed by atoms with E-state index in [9.17, 15) is 4.79 Å². The standard InChI is InChI=1S/C16H13BrINO/c17-15-7-5-12(18)9-14(15)16(20)19-13-6-4-10-2-1-3-11(10)8-13/h4-9H,1-3H2,(H,19,20). The van der Waals surface area contributed by atoms with Gasteiger partial charge in [-0.05, 0) is 99.2 Å². The van der Waals surface area contributed by atoms with Gasteiger partial charge in [0.1, 0.15) is 0 Å². The summed E-state index contributed by atoms with van der Waals surface area (Å²) in [6.07, 6.45) is 3.49. The van der Waals surface area contributed by atoms with Crippen molar-refractivity contribution in [1.29, 1.82) is 0 Å². The van der Waals surface area contributed by atoms with Crippen molar-refractivity contribution in [2.45, 2.75) is 19.3 Å². The van der Waals surface area contributed by atoms with Gasteiger partial charge in [0.25, 0.3) is 5.91 Å². The molecular weight excluding hydrogens is 429 g/mol. The highest BCUT2D eigenvalue weighted by molar-refractivity contribution is 14.1. The van der Waals surface area contributed by atoms with Crippen LogP contribution in [0.15, 0.2) is 40.9 Å². The van der Waals surface area contributed by atoms with Gasteiger partial charge >= 0.3 is 0 Å². The summed E-state index contributed by atoms with van der Waals surface area (Å²) in [5.74, 6) is -0.0756. The Bertz CT molecular complexity index is 684. The SMILES string of the molecule is O=C(Nc1ccc2c(c1)CCC2)c1cc(I)ccc1Br. The predicted octanol–water partition coefficient (Wildman–Crippen LogP) is 4.79. The maximum Gasteiger partial charge on any atom is 0.256 e. The highest BCUT2D eigenvalue weighted by Crippen LogP contribution is 2.26. The van der Waals surface area contributed by atoms with Crippen molar-refractivity contribution in [3.8, 4) is 0 Å². The second kappa shape index (κ2) is 5.85. The van der Waals surface area contributed by atoms with Gasteiger partial charge < -0.3 is 5.32 Å². The first-order valence-corrected chi connectivity index (χ1v) is 8.39. The van der Waals surface area contributed by atoms with Gasteiger partial charge in [-0.1, -0.05) is 6.07 Å². The van der Waals surface area contributed by atoms with Crippen molar-refractivity contribution in [3.63, 3.8) is 0 Å². The third kappa shape index (κ3) is 2.91. The first-order valence-electron chi connectivity index (χ1n) is 6.52. The molecule has 2 aromatic carbocycles. The lowest BCUT2D eigenvalue weighted by atomic mass is 10.1. The number of carbonyl (C=O) groups is 1. The van der Waals surface area contributed by atoms with Crippen molar-refractivity contribution in [2.75, 3.05) is 5.32 Å². The number of rotatable bonds is 2. The van der Waals surface area contributed by atoms with Gasteiger partial charge in [0.2, 0.25) is 0 Å². The van der Waals surface area contributed by atoms with Crippen LogP contribution < -0.4 is 5.32 Å². The third-order valence-corrected chi connectivity index (χ3v) is 4.89. The molecule has 0 spiro atoms. The van der Waals surface area contributed by atoms with Crippen LogP contribution in [-0.2, 0) is 12.8 Å². The number of nitrogens with one attached hydrogen (secondary N) is 1. The molecule has 0 saturated carbocycles. The normalized spacial score (nSPS) is 13.1. The monoisotopic (exact) mass is 441 g/mol. The Morgan fingerprint density at radius 3 is 2.75 bits per heavy atom. The number of amides is 1.